The number of ether oxygens (including phenoxy) is 2. The molecule has 33 heavy (non-hydrogen) atoms. The van der Waals surface area contributed by atoms with Crippen molar-refractivity contribution in [2.24, 2.45) is 4.99 Å². The number of alkyl carbamates (subject to hydrolysis) is 1. The second kappa shape index (κ2) is 13.7. The summed E-state index contributed by atoms with van der Waals surface area (Å²) in [4.78, 5) is 39.6. The number of carbonyl (C=O) groups is 3. The molecule has 0 fully saturated rings. The number of unbranched alkanes of at least 4 members (excludes halogenated alkanes) is 1. The van der Waals surface area contributed by atoms with E-state index in [2.05, 4.69) is 26.3 Å². The molecule has 1 aliphatic rings. The van der Waals surface area contributed by atoms with E-state index in [1.807, 2.05) is 6.92 Å². The first-order valence-corrected chi connectivity index (χ1v) is 10.8. The molecule has 12 nitrogen and oxygen atoms in total. The highest BCUT2D eigenvalue weighted by atomic mass is 16.5. The summed E-state index contributed by atoms with van der Waals surface area (Å²) in [5.74, 6) is -1.27. The predicted octanol–water partition coefficient (Wildman–Crippen LogP) is 0.419. The number of benzene rings is 1. The van der Waals surface area contributed by atoms with Crippen LogP contribution in [0, 0.1) is 0 Å². The Kier molecular flexibility index (Phi) is 10.6. The molecule has 2 amide bonds. The molecule has 0 saturated heterocycles. The maximum atomic E-state index is 12.4. The Labute approximate surface area is 191 Å². The number of carbonyl (C=O) groups excluding carboxylic acids is 2. The van der Waals surface area contributed by atoms with E-state index in [0.717, 1.165) is 31.9 Å². The molecule has 1 aliphatic heterocycles. The van der Waals surface area contributed by atoms with Crippen LogP contribution in [0.2, 0.25) is 0 Å². The molecule has 2 rings (SSSR count). The van der Waals surface area contributed by atoms with Crippen LogP contribution in [-0.2, 0) is 9.53 Å². The highest BCUT2D eigenvalue weighted by Crippen LogP contribution is 2.23. The smallest absolute Gasteiger partial charge is 0.407 e. The van der Waals surface area contributed by atoms with Gasteiger partial charge in [-0.05, 0) is 25.0 Å². The number of phenols is 1. The van der Waals surface area contributed by atoms with E-state index in [9.17, 15) is 24.6 Å². The van der Waals surface area contributed by atoms with E-state index in [1.54, 1.807) is 0 Å². The van der Waals surface area contributed by atoms with E-state index < -0.39 is 30.6 Å². The van der Waals surface area contributed by atoms with E-state index in [0.29, 0.717) is 25.3 Å². The topological polar surface area (TPSA) is 171 Å². The minimum atomic E-state index is -1.39. The lowest BCUT2D eigenvalue weighted by Gasteiger charge is -2.16. The summed E-state index contributed by atoms with van der Waals surface area (Å²) in [6, 6.07) is 2.79. The average molecular weight is 466 g/mol. The van der Waals surface area contributed by atoms with E-state index in [-0.39, 0.29) is 17.9 Å². The first-order chi connectivity index (χ1) is 15.9. The predicted molar refractivity (Wildman–Crippen MR) is 120 cm³/mol. The summed E-state index contributed by atoms with van der Waals surface area (Å²) >= 11 is 0. The molecule has 0 aliphatic carbocycles. The van der Waals surface area contributed by atoms with Crippen LogP contribution < -0.4 is 26.0 Å². The fraction of sp³-hybridized carbons (Fsp3) is 0.524. The summed E-state index contributed by atoms with van der Waals surface area (Å²) in [7, 11) is 0. The molecule has 1 aromatic carbocycles. The number of amides is 2. The lowest BCUT2D eigenvalue weighted by atomic mass is 10.1. The van der Waals surface area contributed by atoms with Crippen LogP contribution in [0.15, 0.2) is 23.2 Å². The Balaban J connectivity index is 1.80. The molecule has 0 radical (unpaired) electrons. The minimum Gasteiger partial charge on any atom is -0.507 e. The van der Waals surface area contributed by atoms with Crippen molar-refractivity contribution in [3.63, 3.8) is 0 Å². The molecule has 0 saturated carbocycles. The van der Waals surface area contributed by atoms with Gasteiger partial charge in [-0.2, -0.15) is 0 Å². The first kappa shape index (κ1) is 25.6. The minimum absolute atomic E-state index is 0.0594. The van der Waals surface area contributed by atoms with Gasteiger partial charge in [0.25, 0.3) is 5.91 Å². The number of hydrogen-bond acceptors (Lipinski definition) is 9. The highest BCUT2D eigenvalue weighted by molar-refractivity contribution is 5.97. The van der Waals surface area contributed by atoms with E-state index in [4.69, 9.17) is 9.47 Å². The van der Waals surface area contributed by atoms with Gasteiger partial charge in [-0.25, -0.2) is 9.59 Å². The van der Waals surface area contributed by atoms with Gasteiger partial charge >= 0.3 is 12.1 Å². The number of aliphatic imine (C=N–C) groups is 1. The van der Waals surface area contributed by atoms with Crippen LogP contribution in [0.3, 0.4) is 0 Å². The largest absolute Gasteiger partial charge is 0.507 e. The number of phenolic OH excluding ortho intramolecular Hbond substituents is 1. The van der Waals surface area contributed by atoms with Crippen molar-refractivity contribution in [1.29, 1.82) is 0 Å². The third-order valence-corrected chi connectivity index (χ3v) is 4.56. The average Bonchev–Trinajstić information content (AvgIpc) is 2.80. The number of nitrogens with one attached hydrogen (secondary N) is 4. The monoisotopic (exact) mass is 465 g/mol. The quantitative estimate of drug-likeness (QED) is 0.239. The number of aliphatic carboxylic acids is 1. The summed E-state index contributed by atoms with van der Waals surface area (Å²) in [5.41, 5.74) is -0.0594. The zero-order valence-corrected chi connectivity index (χ0v) is 18.6. The number of carboxylic acid groups (broad SMARTS) is 1. The molecule has 0 unspecified atom stereocenters. The van der Waals surface area contributed by atoms with Crippen molar-refractivity contribution in [2.45, 2.75) is 32.2 Å². The Morgan fingerprint density at radius 1 is 1.27 bits per heavy atom. The summed E-state index contributed by atoms with van der Waals surface area (Å²) in [6.45, 7) is 4.17. The molecule has 0 spiro atoms. The van der Waals surface area contributed by atoms with Gasteiger partial charge in [0, 0.05) is 25.7 Å². The van der Waals surface area contributed by atoms with Crippen LogP contribution in [0.4, 0.5) is 4.79 Å². The lowest BCUT2D eigenvalue weighted by Crippen LogP contribution is -2.48. The van der Waals surface area contributed by atoms with Gasteiger partial charge in [0.1, 0.15) is 24.1 Å². The number of hydrogen-bond donors (Lipinski definition) is 6. The number of rotatable bonds is 12. The van der Waals surface area contributed by atoms with Crippen molar-refractivity contribution in [3.05, 3.63) is 23.8 Å². The SMILES string of the molecule is CCCCOC(=O)N[C@@H](CNC(=O)c1ccc(OCCNC2=NCCCN2)cc1O)C(=O)O. The summed E-state index contributed by atoms with van der Waals surface area (Å²) in [5, 5.41) is 30.2. The van der Waals surface area contributed by atoms with Crippen LogP contribution in [0.5, 0.6) is 11.5 Å². The first-order valence-electron chi connectivity index (χ1n) is 10.8. The van der Waals surface area contributed by atoms with Crippen molar-refractivity contribution in [2.75, 3.05) is 39.4 Å². The van der Waals surface area contributed by atoms with Crippen molar-refractivity contribution < 1.29 is 34.1 Å². The van der Waals surface area contributed by atoms with Gasteiger partial charge in [-0.15, -0.1) is 0 Å². The van der Waals surface area contributed by atoms with Gasteiger partial charge < -0.3 is 41.0 Å². The molecule has 1 atom stereocenters. The van der Waals surface area contributed by atoms with Gasteiger partial charge in [-0.1, -0.05) is 13.3 Å². The van der Waals surface area contributed by atoms with E-state index in [1.165, 1.54) is 18.2 Å². The fourth-order valence-electron chi connectivity index (χ4n) is 2.77. The standard InChI is InChI=1S/C21H31N5O7/c1-2-3-10-33-21(31)26-16(19(29)30)13-25-18(28)15-6-5-14(12-17(15)27)32-11-9-24-20-22-7-4-8-23-20/h5-6,12,16,27H,2-4,7-11,13H2,1H3,(H,25,28)(H,26,31)(H,29,30)(H2,22,23,24)/t16-/m0/s1. The third-order valence-electron chi connectivity index (χ3n) is 4.56. The number of guanidine groups is 1. The summed E-state index contributed by atoms with van der Waals surface area (Å²) in [6.07, 6.45) is 1.60. The highest BCUT2D eigenvalue weighted by Gasteiger charge is 2.22. The van der Waals surface area contributed by atoms with Gasteiger partial charge in [0.15, 0.2) is 5.96 Å². The molecular formula is C21H31N5O7. The Morgan fingerprint density at radius 2 is 2.09 bits per heavy atom. The Bertz CT molecular complexity index is 846. The van der Waals surface area contributed by atoms with Crippen molar-refractivity contribution in [3.8, 4) is 11.5 Å². The number of nitrogens with zero attached hydrogens (tertiary/aromatic N) is 1. The van der Waals surface area contributed by atoms with E-state index >= 15 is 0 Å². The molecule has 1 heterocycles. The lowest BCUT2D eigenvalue weighted by molar-refractivity contribution is -0.139. The Morgan fingerprint density at radius 3 is 2.76 bits per heavy atom. The summed E-state index contributed by atoms with van der Waals surface area (Å²) < 4.78 is 10.4. The zero-order valence-electron chi connectivity index (χ0n) is 18.6. The number of carboxylic acids is 1. The second-order valence-corrected chi connectivity index (χ2v) is 7.20. The second-order valence-electron chi connectivity index (χ2n) is 7.20. The normalized spacial score (nSPS) is 13.7. The van der Waals surface area contributed by atoms with Gasteiger partial charge in [0.2, 0.25) is 0 Å². The maximum absolute atomic E-state index is 12.4. The third kappa shape index (κ3) is 9.13. The number of aromatic hydroxyl groups is 1. The van der Waals surface area contributed by atoms with Crippen LogP contribution in [0.1, 0.15) is 36.5 Å². The van der Waals surface area contributed by atoms with Gasteiger partial charge in [0.05, 0.1) is 18.7 Å². The van der Waals surface area contributed by atoms with Crippen molar-refractivity contribution in [1.82, 2.24) is 21.3 Å². The van der Waals surface area contributed by atoms with Gasteiger partial charge in [-0.3, -0.25) is 9.79 Å². The molecule has 12 heteroatoms. The zero-order chi connectivity index (χ0) is 24.1. The Hall–Kier alpha value is -3.70. The maximum Gasteiger partial charge on any atom is 0.407 e. The van der Waals surface area contributed by atoms with Crippen molar-refractivity contribution >= 4 is 23.9 Å². The molecule has 0 aromatic heterocycles. The molecular weight excluding hydrogens is 434 g/mol. The molecule has 6 N–H and O–H groups in total. The van der Waals surface area contributed by atoms with Crippen LogP contribution in [-0.4, -0.2) is 79.6 Å². The molecule has 0 bridgehead atoms. The molecule has 182 valence electrons. The van der Waals surface area contributed by atoms with Crippen LogP contribution >= 0.6 is 0 Å². The van der Waals surface area contributed by atoms with Crippen LogP contribution in [0.25, 0.3) is 0 Å². The molecule has 1 aromatic rings. The fourth-order valence-corrected chi connectivity index (χ4v) is 2.77.